The molecule has 35 heavy (non-hydrogen) atoms. The van der Waals surface area contributed by atoms with Gasteiger partial charge in [0.25, 0.3) is 16.9 Å². The van der Waals surface area contributed by atoms with Crippen molar-refractivity contribution >= 4 is 17.6 Å². The molecule has 1 aromatic heterocycles. The van der Waals surface area contributed by atoms with Crippen molar-refractivity contribution in [3.63, 3.8) is 0 Å². The summed E-state index contributed by atoms with van der Waals surface area (Å²) in [5, 5.41) is 25.0. The fourth-order valence-corrected chi connectivity index (χ4v) is 3.81. The monoisotopic (exact) mass is 480 g/mol. The van der Waals surface area contributed by atoms with Crippen LogP contribution in [0, 0.1) is 20.2 Å². The van der Waals surface area contributed by atoms with Gasteiger partial charge in [0.15, 0.2) is 0 Å². The zero-order valence-corrected chi connectivity index (χ0v) is 18.8. The van der Waals surface area contributed by atoms with Crippen molar-refractivity contribution in [3.05, 3.63) is 84.7 Å². The molecule has 12 nitrogen and oxygen atoms in total. The molecule has 0 aliphatic carbocycles. The Bertz CT molecular complexity index is 1270. The van der Waals surface area contributed by atoms with Crippen LogP contribution in [0.4, 0.5) is 11.4 Å². The van der Waals surface area contributed by atoms with Crippen LogP contribution in [0.15, 0.2) is 58.3 Å². The number of non-ortho nitro benzene ring substituents is 2. The number of benzene rings is 2. The lowest BCUT2D eigenvalue weighted by Crippen LogP contribution is -2.37. The van der Waals surface area contributed by atoms with E-state index in [0.717, 1.165) is 39.3 Å². The Balaban J connectivity index is 1.61. The first-order valence-corrected chi connectivity index (χ1v) is 11.1. The minimum absolute atomic E-state index is 0.0655. The highest BCUT2D eigenvalue weighted by atomic mass is 16.6. The van der Waals surface area contributed by atoms with Gasteiger partial charge in [-0.25, -0.2) is 4.68 Å². The van der Waals surface area contributed by atoms with Crippen LogP contribution >= 0.6 is 0 Å². The maximum atomic E-state index is 13.2. The molecule has 0 saturated carbocycles. The fourth-order valence-electron chi connectivity index (χ4n) is 3.81. The van der Waals surface area contributed by atoms with Gasteiger partial charge in [-0.3, -0.25) is 40.0 Å². The second-order valence-corrected chi connectivity index (χ2v) is 7.96. The van der Waals surface area contributed by atoms with Crippen LogP contribution in [0.3, 0.4) is 0 Å². The van der Waals surface area contributed by atoms with Gasteiger partial charge < -0.3 is 4.74 Å². The normalized spacial score (nSPS) is 14.4. The third-order valence-corrected chi connectivity index (χ3v) is 5.70. The predicted octanol–water partition coefficient (Wildman–Crippen LogP) is 2.79. The number of morpholine rings is 1. The number of nitrogens with one attached hydrogen (secondary N) is 1. The highest BCUT2D eigenvalue weighted by Gasteiger charge is 2.17. The summed E-state index contributed by atoms with van der Waals surface area (Å²) in [5.41, 5.74) is 1.18. The molecule has 182 valence electrons. The summed E-state index contributed by atoms with van der Waals surface area (Å²) in [5.74, 6) is 0. The van der Waals surface area contributed by atoms with E-state index in [9.17, 15) is 25.0 Å². The molecule has 0 bridgehead atoms. The zero-order valence-electron chi connectivity index (χ0n) is 18.8. The number of hydrogen-bond donors (Lipinski definition) is 1. The minimum Gasteiger partial charge on any atom is -0.379 e. The first-order chi connectivity index (χ1) is 16.9. The van der Waals surface area contributed by atoms with Gasteiger partial charge in [-0.2, -0.15) is 0 Å². The van der Waals surface area contributed by atoms with Crippen LogP contribution in [0.25, 0.3) is 16.9 Å². The van der Waals surface area contributed by atoms with Gasteiger partial charge in [0.1, 0.15) is 0 Å². The molecule has 0 atom stereocenters. The molecule has 1 aliphatic heterocycles. The summed E-state index contributed by atoms with van der Waals surface area (Å²) in [6.07, 6.45) is 2.33. The topological polar surface area (TPSA) is 149 Å². The van der Waals surface area contributed by atoms with Crippen LogP contribution in [-0.4, -0.2) is 70.1 Å². The van der Waals surface area contributed by atoms with E-state index in [-0.39, 0.29) is 16.9 Å². The smallest absolute Gasteiger partial charge is 0.280 e. The van der Waals surface area contributed by atoms with Gasteiger partial charge in [0.05, 0.1) is 40.0 Å². The Labute approximate surface area is 199 Å². The number of aliphatic imine (C=N–C) groups is 1. The van der Waals surface area contributed by atoms with Crippen LogP contribution in [0.2, 0.25) is 0 Å². The van der Waals surface area contributed by atoms with E-state index in [1.54, 1.807) is 12.1 Å². The van der Waals surface area contributed by atoms with Gasteiger partial charge in [-0.1, -0.05) is 0 Å². The number of H-pyrrole nitrogens is 1. The van der Waals surface area contributed by atoms with Crippen LogP contribution in [0.1, 0.15) is 12.0 Å². The van der Waals surface area contributed by atoms with Crippen LogP contribution in [0.5, 0.6) is 0 Å². The molecule has 0 amide bonds. The van der Waals surface area contributed by atoms with Crippen molar-refractivity contribution in [1.82, 2.24) is 14.7 Å². The second kappa shape index (κ2) is 10.8. The SMILES string of the molecule is O=c1c(C=NCCCN2CCOCC2)c(-c2ccc([N+](=O)[O-])cc2)[nH]n1-c1ccc([N+](=O)[O-])cc1. The lowest BCUT2D eigenvalue weighted by molar-refractivity contribution is -0.385. The Morgan fingerprint density at radius 2 is 1.57 bits per heavy atom. The first-order valence-electron chi connectivity index (χ1n) is 11.1. The molecule has 1 saturated heterocycles. The summed E-state index contributed by atoms with van der Waals surface area (Å²) >= 11 is 0. The second-order valence-electron chi connectivity index (χ2n) is 7.96. The standard InChI is InChI=1S/C23H24N6O6/c30-23-21(16-24-10-1-11-26-12-14-35-15-13-26)22(17-2-4-19(5-3-17)28(31)32)25-27(23)18-6-8-20(9-7-18)29(33)34/h2-9,16,25H,1,10-15H2. The Kier molecular flexibility index (Phi) is 7.43. The molecule has 1 N–H and O–H groups in total. The number of aromatic nitrogens is 2. The van der Waals surface area contributed by atoms with Gasteiger partial charge in [-0.15, -0.1) is 0 Å². The molecular weight excluding hydrogens is 456 g/mol. The zero-order chi connectivity index (χ0) is 24.8. The molecule has 1 aliphatic rings. The van der Waals surface area contributed by atoms with Crippen molar-refractivity contribution in [3.8, 4) is 16.9 Å². The molecule has 1 fully saturated rings. The largest absolute Gasteiger partial charge is 0.379 e. The maximum absolute atomic E-state index is 13.2. The first kappa shape index (κ1) is 24.0. The molecule has 3 aromatic rings. The van der Waals surface area contributed by atoms with E-state index in [0.29, 0.717) is 29.1 Å². The average Bonchev–Trinajstić information content (AvgIpc) is 3.20. The molecule has 12 heteroatoms. The number of rotatable bonds is 9. The van der Waals surface area contributed by atoms with E-state index in [2.05, 4.69) is 15.0 Å². The van der Waals surface area contributed by atoms with Crippen molar-refractivity contribution in [1.29, 1.82) is 0 Å². The van der Waals surface area contributed by atoms with E-state index < -0.39 is 9.85 Å². The van der Waals surface area contributed by atoms with Crippen molar-refractivity contribution in [2.24, 2.45) is 4.99 Å². The van der Waals surface area contributed by atoms with Crippen molar-refractivity contribution in [2.45, 2.75) is 6.42 Å². The van der Waals surface area contributed by atoms with Gasteiger partial charge in [-0.05, 0) is 30.7 Å². The summed E-state index contributed by atoms with van der Waals surface area (Å²) in [4.78, 5) is 41.0. The molecule has 0 unspecified atom stereocenters. The third-order valence-electron chi connectivity index (χ3n) is 5.70. The Morgan fingerprint density at radius 3 is 2.17 bits per heavy atom. The molecular formula is C23H24N6O6. The average molecular weight is 480 g/mol. The highest BCUT2D eigenvalue weighted by Crippen LogP contribution is 2.23. The summed E-state index contributed by atoms with van der Waals surface area (Å²) in [7, 11) is 0. The van der Waals surface area contributed by atoms with E-state index in [1.165, 1.54) is 47.3 Å². The molecule has 2 aromatic carbocycles. The number of nitro benzene ring substituents is 2. The van der Waals surface area contributed by atoms with Crippen LogP contribution in [-0.2, 0) is 4.74 Å². The number of hydrogen-bond acceptors (Lipinski definition) is 8. The van der Waals surface area contributed by atoms with Gasteiger partial charge in [0.2, 0.25) is 0 Å². The maximum Gasteiger partial charge on any atom is 0.280 e. The van der Waals surface area contributed by atoms with Gasteiger partial charge >= 0.3 is 0 Å². The third kappa shape index (κ3) is 5.67. The molecule has 0 spiro atoms. The number of nitrogens with zero attached hydrogens (tertiary/aromatic N) is 5. The quantitative estimate of drug-likeness (QED) is 0.214. The summed E-state index contributed by atoms with van der Waals surface area (Å²) in [6.45, 7) is 4.66. The lowest BCUT2D eigenvalue weighted by atomic mass is 10.1. The number of ether oxygens (including phenoxy) is 1. The molecule has 2 heterocycles. The predicted molar refractivity (Wildman–Crippen MR) is 129 cm³/mol. The van der Waals surface area contributed by atoms with Crippen molar-refractivity contribution in [2.75, 3.05) is 39.4 Å². The number of aromatic amines is 1. The summed E-state index contributed by atoms with van der Waals surface area (Å²) < 4.78 is 6.62. The molecule has 0 radical (unpaired) electrons. The van der Waals surface area contributed by atoms with Crippen molar-refractivity contribution < 1.29 is 14.6 Å². The minimum atomic E-state index is -0.515. The van der Waals surface area contributed by atoms with E-state index >= 15 is 0 Å². The Morgan fingerprint density at radius 1 is 0.971 bits per heavy atom. The van der Waals surface area contributed by atoms with E-state index in [1.807, 2.05) is 0 Å². The van der Waals surface area contributed by atoms with Gasteiger partial charge in [0, 0.05) is 62.2 Å². The lowest BCUT2D eigenvalue weighted by Gasteiger charge is -2.26. The Hall–Kier alpha value is -4.16. The summed E-state index contributed by atoms with van der Waals surface area (Å²) in [6, 6.07) is 11.4. The number of nitro groups is 2. The fraction of sp³-hybridized carbons (Fsp3) is 0.304. The molecule has 4 rings (SSSR count). The van der Waals surface area contributed by atoms with E-state index in [4.69, 9.17) is 4.74 Å². The highest BCUT2D eigenvalue weighted by molar-refractivity contribution is 5.88. The van der Waals surface area contributed by atoms with Crippen LogP contribution < -0.4 is 5.56 Å².